The molecule has 0 aromatic heterocycles. The van der Waals surface area contributed by atoms with E-state index in [-0.39, 0.29) is 108 Å². The van der Waals surface area contributed by atoms with Crippen molar-refractivity contribution in [3.05, 3.63) is 96.6 Å². The van der Waals surface area contributed by atoms with Gasteiger partial charge in [-0.25, -0.2) is 4.79 Å². The minimum Gasteiger partial charge on any atom is -0.481 e. The molecule has 0 amide bonds. The first kappa shape index (κ1) is 125. The normalized spacial score (nSPS) is 14.5. The van der Waals surface area contributed by atoms with Crippen LogP contribution < -0.4 is 0 Å². The van der Waals surface area contributed by atoms with Gasteiger partial charge in [-0.1, -0.05) is 149 Å². The molecule has 120 heavy (non-hydrogen) atoms. The van der Waals surface area contributed by atoms with Gasteiger partial charge in [-0.15, -0.1) is 0 Å². The Morgan fingerprint density at radius 1 is 0.425 bits per heavy atom. The summed E-state index contributed by atoms with van der Waals surface area (Å²) in [6, 6.07) is 19.4. The molecule has 1 aliphatic rings. The molecular weight excluding hydrogens is 1550 g/mol. The molecule has 0 radical (unpaired) electrons. The minimum absolute atomic E-state index is 0.0995. The molecule has 2 aromatic rings. The van der Waals surface area contributed by atoms with E-state index in [1.54, 1.807) is 68.4 Å². The van der Waals surface area contributed by atoms with E-state index in [1.165, 1.54) is 28.3 Å². The van der Waals surface area contributed by atoms with E-state index >= 15 is 0 Å². The van der Waals surface area contributed by atoms with Crippen LogP contribution in [0, 0.1) is 59.6 Å². The highest BCUT2D eigenvalue weighted by atomic mass is 16.6. The second-order valence-electron chi connectivity index (χ2n) is 34.9. The van der Waals surface area contributed by atoms with Crippen molar-refractivity contribution < 1.29 is 130 Å². The number of hydrogen-bond acceptors (Lipinski definition) is 24. The first-order valence-corrected chi connectivity index (χ1v) is 41.1. The quantitative estimate of drug-likeness (QED) is 0.0188. The minimum atomic E-state index is -1.02. The predicted molar refractivity (Wildman–Crippen MR) is 466 cm³/mol. The summed E-state index contributed by atoms with van der Waals surface area (Å²) in [5.74, 6) is -4.58. The number of carbonyl (C=O) groups is 12. The fraction of sp³-hybridized carbons (Fsp3) is 0.699. The number of rotatable bonds is 34. The van der Waals surface area contributed by atoms with Gasteiger partial charge >= 0.3 is 71.6 Å². The number of aliphatic hydroxyl groups excluding tert-OH is 2. The van der Waals surface area contributed by atoms with Gasteiger partial charge in [0.1, 0.15) is 45.7 Å². The average molecular weight is 1710 g/mol. The van der Waals surface area contributed by atoms with Gasteiger partial charge < -0.3 is 72.9 Å². The first-order valence-electron chi connectivity index (χ1n) is 41.1. The Labute approximate surface area is 720 Å². The van der Waals surface area contributed by atoms with E-state index in [9.17, 15) is 62.6 Å². The highest BCUT2D eigenvalue weighted by Crippen LogP contribution is 2.43. The van der Waals surface area contributed by atoms with Crippen LogP contribution in [0.2, 0.25) is 0 Å². The Kier molecular flexibility index (Phi) is 64.1. The van der Waals surface area contributed by atoms with E-state index in [0.717, 1.165) is 43.2 Å². The topological polar surface area (TPSA) is 398 Å². The maximum atomic E-state index is 11.9. The molecule has 2 aromatic carbocycles. The van der Waals surface area contributed by atoms with Crippen LogP contribution in [0.3, 0.4) is 0 Å². The van der Waals surface area contributed by atoms with Crippen molar-refractivity contribution in [1.29, 1.82) is 0 Å². The Morgan fingerprint density at radius 2 is 0.717 bits per heavy atom. The van der Waals surface area contributed by atoms with Gasteiger partial charge in [0.2, 0.25) is 0 Å². The van der Waals surface area contributed by atoms with E-state index in [4.69, 9.17) is 63.1 Å². The van der Waals surface area contributed by atoms with E-state index in [0.29, 0.717) is 65.0 Å². The number of hydrogen-bond donors (Lipinski definition) is 5. The fourth-order valence-electron chi connectivity index (χ4n) is 7.22. The number of benzene rings is 2. The summed E-state index contributed by atoms with van der Waals surface area (Å²) in [6.45, 7) is 63.2. The van der Waals surface area contributed by atoms with Crippen LogP contribution in [-0.2, 0) is 118 Å². The number of esters is 9. The largest absolute Gasteiger partial charge is 0.481 e. The van der Waals surface area contributed by atoms with Crippen LogP contribution in [-0.4, -0.2) is 171 Å². The molecule has 3 unspecified atom stereocenters. The highest BCUT2D eigenvalue weighted by molar-refractivity contribution is 5.87. The van der Waals surface area contributed by atoms with Gasteiger partial charge in [0, 0.05) is 5.57 Å². The summed E-state index contributed by atoms with van der Waals surface area (Å²) in [4.78, 5) is 133. The van der Waals surface area contributed by atoms with Crippen LogP contribution in [0.25, 0.3) is 0 Å². The molecular formula is C93H160O27. The molecule has 3 rings (SSSR count). The third-order valence-corrected chi connectivity index (χ3v) is 20.9. The van der Waals surface area contributed by atoms with Crippen molar-refractivity contribution in [3.63, 3.8) is 0 Å². The zero-order valence-electron chi connectivity index (χ0n) is 79.7. The Morgan fingerprint density at radius 3 is 0.967 bits per heavy atom. The van der Waals surface area contributed by atoms with E-state index < -0.39 is 67.9 Å². The maximum Gasteiger partial charge on any atom is 0.333 e. The molecule has 1 saturated heterocycles. The molecule has 3 atom stereocenters. The van der Waals surface area contributed by atoms with Crippen molar-refractivity contribution in [2.75, 3.05) is 67.6 Å². The molecule has 27 heteroatoms. The monoisotopic (exact) mass is 1710 g/mol. The molecule has 27 nitrogen and oxygen atoms in total. The molecule has 5 N–H and O–H groups in total. The number of aliphatic carboxylic acids is 3. The van der Waals surface area contributed by atoms with Crippen molar-refractivity contribution in [2.45, 2.75) is 298 Å². The lowest BCUT2D eigenvalue weighted by molar-refractivity contribution is -0.181. The summed E-state index contributed by atoms with van der Waals surface area (Å²) in [7, 11) is 4.11. The highest BCUT2D eigenvalue weighted by Gasteiger charge is 2.52. The predicted octanol–water partition coefficient (Wildman–Crippen LogP) is 18.2. The average Bonchev–Trinajstić information content (AvgIpc) is 0.775. The molecule has 0 aliphatic carbocycles. The standard InChI is InChI=1S/C13H22O5.2C13H18O2.C12H20O5.C9H16O2.C8H16O3.C7H14O2.3C6H12O2/c1-6-13(4,5)12(16)18-8-10(14)7-17-11(15)9(2)3;2*1-4-13(2,3)12(14)15-10-11-8-6-5-7-9-11;1-5-12(10(14)16-4)6-11(2,7-17-8-12)9(13)15-3;1-5-7-11-8(10)9(3,4)6-2;1-4-8(2,3)7(10)11-6-5-9;1-5-7(2,3)6(8)9-4;3*1-4-6(2,3)5(7)8/h10,14H,2,6-8H2,1,3-5H3;2*5-9H,4,10H2,1-3H3;5-8H2,1-4H3;5H,1,6-7H2,2-4H3;9H,4-6H2,1-3H3;5H2,1-4H3;3*4H2,1-3H3,(H,7,8). The molecule has 0 saturated carbocycles. The summed E-state index contributed by atoms with van der Waals surface area (Å²) in [5.41, 5.74) is -3.26. The smallest absolute Gasteiger partial charge is 0.333 e. The Balaban J connectivity index is -0.000000240. The van der Waals surface area contributed by atoms with Crippen LogP contribution in [0.15, 0.2) is 85.5 Å². The van der Waals surface area contributed by atoms with Gasteiger partial charge in [-0.3, -0.25) is 52.7 Å². The number of carboxylic acids is 3. The molecule has 0 spiro atoms. The second-order valence-corrected chi connectivity index (χ2v) is 34.9. The van der Waals surface area contributed by atoms with Gasteiger partial charge in [0.25, 0.3) is 0 Å². The van der Waals surface area contributed by atoms with Crippen LogP contribution >= 0.6 is 0 Å². The van der Waals surface area contributed by atoms with Crippen LogP contribution in [0.4, 0.5) is 0 Å². The van der Waals surface area contributed by atoms with E-state index in [2.05, 4.69) is 17.9 Å². The summed E-state index contributed by atoms with van der Waals surface area (Å²) >= 11 is 0. The van der Waals surface area contributed by atoms with Crippen molar-refractivity contribution in [2.24, 2.45) is 59.6 Å². The third-order valence-electron chi connectivity index (χ3n) is 20.9. The number of aliphatic hydroxyl groups is 2. The zero-order valence-corrected chi connectivity index (χ0v) is 79.7. The van der Waals surface area contributed by atoms with Gasteiger partial charge in [0.05, 0.1) is 101 Å². The van der Waals surface area contributed by atoms with Gasteiger partial charge in [0.15, 0.2) is 0 Å². The van der Waals surface area contributed by atoms with Crippen molar-refractivity contribution >= 4 is 71.6 Å². The second kappa shape index (κ2) is 61.7. The fourth-order valence-corrected chi connectivity index (χ4v) is 7.22. The summed E-state index contributed by atoms with van der Waals surface area (Å²) < 4.78 is 49.4. The molecule has 0 bridgehead atoms. The van der Waals surface area contributed by atoms with Crippen molar-refractivity contribution in [3.8, 4) is 0 Å². The SMILES string of the molecule is C=C(C)C(=O)OCC(O)COC(=O)C(C)(C)CC.C=CCOC(=O)C(C)(C)CC.CCC(C)(C)C(=O)O.CCC(C)(C)C(=O)O.CCC(C)(C)C(=O)O.CCC(C)(C)C(=O)OC.CCC(C)(C)C(=O)OCCO.CCC(C)(C)C(=O)OCc1ccccc1.CCC(C)(C)C(=O)OCc1ccccc1.CCC1(C(=O)OC)COCC(C)(C(=O)OC)C1. The Bertz CT molecular complexity index is 3190. The number of carboxylic acid groups (broad SMARTS) is 3. The maximum absolute atomic E-state index is 11.9. The van der Waals surface area contributed by atoms with E-state index in [1.807, 2.05) is 199 Å². The number of ether oxygens (including phenoxy) is 10. The zero-order chi connectivity index (χ0) is 95.7. The lowest BCUT2D eigenvalue weighted by atomic mass is 9.69. The first-order chi connectivity index (χ1) is 54.9. The molecule has 1 fully saturated rings. The summed E-state index contributed by atoms with van der Waals surface area (Å²) in [5, 5.41) is 43.2. The van der Waals surface area contributed by atoms with Crippen molar-refractivity contribution in [1.82, 2.24) is 0 Å². The van der Waals surface area contributed by atoms with Crippen LogP contribution in [0.1, 0.15) is 289 Å². The summed E-state index contributed by atoms with van der Waals surface area (Å²) in [6.07, 6.45) is 8.16. The number of carbonyl (C=O) groups excluding carboxylic acids is 9. The van der Waals surface area contributed by atoms with Crippen LogP contribution in [0.5, 0.6) is 0 Å². The molecule has 1 aliphatic heterocycles. The third kappa shape index (κ3) is 53.3. The molecule has 694 valence electrons. The lowest BCUT2D eigenvalue weighted by Crippen LogP contribution is -2.50. The lowest BCUT2D eigenvalue weighted by Gasteiger charge is -2.42. The molecule has 1 heterocycles. The number of methoxy groups -OCH3 is 3. The van der Waals surface area contributed by atoms with Gasteiger partial charge in [-0.05, 0) is 220 Å². The van der Waals surface area contributed by atoms with Gasteiger partial charge in [-0.2, -0.15) is 0 Å². The Hall–Kier alpha value is -8.56.